The van der Waals surface area contributed by atoms with Crippen molar-refractivity contribution in [2.24, 2.45) is 5.92 Å². The van der Waals surface area contributed by atoms with Gasteiger partial charge in [0.25, 0.3) is 0 Å². The number of nitrogens with zero attached hydrogens (tertiary/aromatic N) is 2. The summed E-state index contributed by atoms with van der Waals surface area (Å²) in [7, 11) is -4.02. The average molecular weight is 378 g/mol. The highest BCUT2D eigenvalue weighted by Gasteiger charge is 2.34. The van der Waals surface area contributed by atoms with Gasteiger partial charge in [0.05, 0.1) is 10.5 Å². The largest absolute Gasteiger partial charge is 0.416 e. The van der Waals surface area contributed by atoms with Gasteiger partial charge < -0.3 is 4.90 Å². The van der Waals surface area contributed by atoms with Crippen molar-refractivity contribution < 1.29 is 26.4 Å². The summed E-state index contributed by atoms with van der Waals surface area (Å²) in [5.41, 5.74) is -1.00. The molecule has 1 amide bonds. The third-order valence-corrected chi connectivity index (χ3v) is 6.28. The number of halogens is 3. The fourth-order valence-electron chi connectivity index (χ4n) is 2.62. The van der Waals surface area contributed by atoms with E-state index in [0.29, 0.717) is 12.5 Å². The second kappa shape index (κ2) is 7.33. The number of alkyl halides is 3. The van der Waals surface area contributed by atoms with Crippen LogP contribution in [0.15, 0.2) is 29.2 Å². The third kappa shape index (κ3) is 4.33. The maximum absolute atomic E-state index is 12.8. The number of piperazine rings is 1. The number of carbonyl (C=O) groups excluding carboxylic acids is 1. The number of amides is 1. The standard InChI is InChI=1S/C16H21F3N2O3S/c1-3-12(2)15(22)20-7-9-21(10-8-20)25(23,24)14-6-4-5-13(11-14)16(17,18)19/h4-6,11-12H,3,7-10H2,1-2H3. The molecular weight excluding hydrogens is 357 g/mol. The molecule has 5 nitrogen and oxygen atoms in total. The maximum atomic E-state index is 12.8. The van der Waals surface area contributed by atoms with Crippen molar-refractivity contribution in [3.63, 3.8) is 0 Å². The summed E-state index contributed by atoms with van der Waals surface area (Å²) in [6.07, 6.45) is -3.91. The zero-order valence-corrected chi connectivity index (χ0v) is 14.9. The van der Waals surface area contributed by atoms with Crippen molar-refractivity contribution in [3.8, 4) is 0 Å². The van der Waals surface area contributed by atoms with E-state index in [1.165, 1.54) is 0 Å². The number of benzene rings is 1. The molecule has 2 rings (SSSR count). The van der Waals surface area contributed by atoms with Crippen molar-refractivity contribution in [3.05, 3.63) is 29.8 Å². The zero-order chi connectivity index (χ0) is 18.8. The molecule has 0 saturated carbocycles. The van der Waals surface area contributed by atoms with Crippen molar-refractivity contribution >= 4 is 15.9 Å². The molecule has 140 valence electrons. The Kier molecular flexibility index (Phi) is 5.78. The molecule has 0 bridgehead atoms. The van der Waals surface area contributed by atoms with E-state index in [4.69, 9.17) is 0 Å². The SMILES string of the molecule is CCC(C)C(=O)N1CCN(S(=O)(=O)c2cccc(C(F)(F)F)c2)CC1. The van der Waals surface area contributed by atoms with Crippen LogP contribution in [0, 0.1) is 5.92 Å². The summed E-state index contributed by atoms with van der Waals surface area (Å²) in [6, 6.07) is 3.72. The molecule has 0 aromatic heterocycles. The van der Waals surface area contributed by atoms with E-state index >= 15 is 0 Å². The van der Waals surface area contributed by atoms with Crippen LogP contribution in [-0.2, 0) is 21.0 Å². The van der Waals surface area contributed by atoms with Crippen LogP contribution in [-0.4, -0.2) is 49.7 Å². The van der Waals surface area contributed by atoms with E-state index in [-0.39, 0.29) is 42.9 Å². The second-order valence-electron chi connectivity index (χ2n) is 6.06. The van der Waals surface area contributed by atoms with Gasteiger partial charge in [0.1, 0.15) is 0 Å². The first kappa shape index (κ1) is 19.7. The number of hydrogen-bond donors (Lipinski definition) is 0. The quantitative estimate of drug-likeness (QED) is 0.809. The van der Waals surface area contributed by atoms with Crippen LogP contribution in [0.5, 0.6) is 0 Å². The average Bonchev–Trinajstić information content (AvgIpc) is 2.60. The van der Waals surface area contributed by atoms with Crippen LogP contribution < -0.4 is 0 Å². The molecule has 0 aliphatic carbocycles. The van der Waals surface area contributed by atoms with Crippen LogP contribution in [0.4, 0.5) is 13.2 Å². The van der Waals surface area contributed by atoms with E-state index in [1.54, 1.807) is 4.90 Å². The first-order valence-electron chi connectivity index (χ1n) is 8.03. The lowest BCUT2D eigenvalue weighted by atomic mass is 10.1. The van der Waals surface area contributed by atoms with Gasteiger partial charge in [-0.05, 0) is 24.6 Å². The Bertz CT molecular complexity index is 726. The summed E-state index contributed by atoms with van der Waals surface area (Å²) in [6.45, 7) is 4.33. The molecule has 1 atom stereocenters. The molecule has 0 N–H and O–H groups in total. The lowest BCUT2D eigenvalue weighted by Gasteiger charge is -2.35. The first-order chi connectivity index (χ1) is 11.6. The summed E-state index contributed by atoms with van der Waals surface area (Å²) in [5.74, 6) is -0.162. The molecule has 1 heterocycles. The smallest absolute Gasteiger partial charge is 0.340 e. The van der Waals surface area contributed by atoms with E-state index in [1.807, 2.05) is 13.8 Å². The molecule has 0 spiro atoms. The van der Waals surface area contributed by atoms with Gasteiger partial charge in [0, 0.05) is 32.1 Å². The van der Waals surface area contributed by atoms with E-state index < -0.39 is 21.8 Å². The van der Waals surface area contributed by atoms with Crippen molar-refractivity contribution in [1.82, 2.24) is 9.21 Å². The molecule has 9 heteroatoms. The highest BCUT2D eigenvalue weighted by molar-refractivity contribution is 7.89. The zero-order valence-electron chi connectivity index (χ0n) is 14.1. The van der Waals surface area contributed by atoms with Crippen LogP contribution in [0.2, 0.25) is 0 Å². The summed E-state index contributed by atoms with van der Waals surface area (Å²) < 4.78 is 64.7. The Morgan fingerprint density at radius 1 is 1.20 bits per heavy atom. The van der Waals surface area contributed by atoms with Gasteiger partial charge in [-0.3, -0.25) is 4.79 Å². The fraction of sp³-hybridized carbons (Fsp3) is 0.562. The van der Waals surface area contributed by atoms with Gasteiger partial charge in [0.2, 0.25) is 15.9 Å². The Hall–Kier alpha value is -1.61. The predicted molar refractivity (Wildman–Crippen MR) is 86.2 cm³/mol. The van der Waals surface area contributed by atoms with E-state index in [0.717, 1.165) is 22.5 Å². The van der Waals surface area contributed by atoms with Crippen molar-refractivity contribution in [2.75, 3.05) is 26.2 Å². The number of rotatable bonds is 4. The van der Waals surface area contributed by atoms with Crippen molar-refractivity contribution in [2.45, 2.75) is 31.3 Å². The third-order valence-electron chi connectivity index (χ3n) is 4.38. The van der Waals surface area contributed by atoms with Gasteiger partial charge in [-0.2, -0.15) is 17.5 Å². The van der Waals surface area contributed by atoms with Crippen LogP contribution in [0.3, 0.4) is 0 Å². The molecule has 1 unspecified atom stereocenters. The molecule has 1 aromatic carbocycles. The van der Waals surface area contributed by atoms with Crippen LogP contribution >= 0.6 is 0 Å². The number of hydrogen-bond acceptors (Lipinski definition) is 3. The summed E-state index contributed by atoms with van der Waals surface area (Å²) in [5, 5.41) is 0. The Morgan fingerprint density at radius 3 is 2.32 bits per heavy atom. The fourth-order valence-corrected chi connectivity index (χ4v) is 4.09. The van der Waals surface area contributed by atoms with Gasteiger partial charge in [-0.15, -0.1) is 0 Å². The highest BCUT2D eigenvalue weighted by Crippen LogP contribution is 2.31. The van der Waals surface area contributed by atoms with Crippen LogP contribution in [0.1, 0.15) is 25.8 Å². The Balaban J connectivity index is 2.14. The number of carbonyl (C=O) groups is 1. The predicted octanol–water partition coefficient (Wildman–Crippen LogP) is 2.58. The van der Waals surface area contributed by atoms with Crippen molar-refractivity contribution in [1.29, 1.82) is 0 Å². The maximum Gasteiger partial charge on any atom is 0.416 e. The second-order valence-corrected chi connectivity index (χ2v) is 8.00. The molecule has 1 aliphatic heterocycles. The van der Waals surface area contributed by atoms with Crippen LogP contribution in [0.25, 0.3) is 0 Å². The minimum absolute atomic E-state index is 0.0291. The van der Waals surface area contributed by atoms with E-state index in [9.17, 15) is 26.4 Å². The van der Waals surface area contributed by atoms with Gasteiger partial charge in [-0.1, -0.05) is 19.9 Å². The summed E-state index contributed by atoms with van der Waals surface area (Å²) in [4.78, 5) is 13.4. The molecule has 25 heavy (non-hydrogen) atoms. The molecule has 1 saturated heterocycles. The minimum atomic E-state index is -4.60. The van der Waals surface area contributed by atoms with E-state index in [2.05, 4.69) is 0 Å². The molecule has 1 fully saturated rings. The van der Waals surface area contributed by atoms with Gasteiger partial charge >= 0.3 is 6.18 Å². The first-order valence-corrected chi connectivity index (χ1v) is 9.47. The molecule has 0 radical (unpaired) electrons. The lowest BCUT2D eigenvalue weighted by molar-refractivity contribution is -0.138. The topological polar surface area (TPSA) is 57.7 Å². The molecule has 1 aromatic rings. The monoisotopic (exact) mass is 378 g/mol. The Labute approximate surface area is 145 Å². The summed E-state index contributed by atoms with van der Waals surface area (Å²) >= 11 is 0. The molecular formula is C16H21F3N2O3S. The normalized spacial score (nSPS) is 18.2. The van der Waals surface area contributed by atoms with Gasteiger partial charge in [-0.25, -0.2) is 8.42 Å². The molecule has 1 aliphatic rings. The number of sulfonamides is 1. The lowest BCUT2D eigenvalue weighted by Crippen LogP contribution is -2.51. The van der Waals surface area contributed by atoms with Gasteiger partial charge in [0.15, 0.2) is 0 Å². The minimum Gasteiger partial charge on any atom is -0.340 e. The highest BCUT2D eigenvalue weighted by atomic mass is 32.2. The Morgan fingerprint density at radius 2 is 1.80 bits per heavy atom.